The summed E-state index contributed by atoms with van der Waals surface area (Å²) in [4.78, 5) is 7.13. The molecule has 1 aromatic carbocycles. The van der Waals surface area contributed by atoms with Crippen LogP contribution in [0.1, 0.15) is 23.3 Å². The number of benzene rings is 1. The van der Waals surface area contributed by atoms with Gasteiger partial charge in [-0.25, -0.2) is 0 Å². The molecule has 5 nitrogen and oxygen atoms in total. The monoisotopic (exact) mass is 388 g/mol. The van der Waals surface area contributed by atoms with Crippen molar-refractivity contribution in [3.05, 3.63) is 41.5 Å². The molecule has 2 heterocycles. The van der Waals surface area contributed by atoms with Crippen molar-refractivity contribution < 1.29 is 13.3 Å². The van der Waals surface area contributed by atoms with Gasteiger partial charge in [0.1, 0.15) is 0 Å². The third-order valence-electron chi connectivity index (χ3n) is 3.79. The van der Waals surface area contributed by atoms with Crippen LogP contribution in [0.25, 0.3) is 12.2 Å². The minimum Gasteiger partial charge on any atom is -0.335 e. The molecule has 0 amide bonds. The molecule has 9 heteroatoms. The van der Waals surface area contributed by atoms with Crippen molar-refractivity contribution in [3.63, 3.8) is 0 Å². The molecule has 1 aromatic heterocycles. The fourth-order valence-electron chi connectivity index (χ4n) is 2.47. The van der Waals surface area contributed by atoms with Gasteiger partial charge in [0.25, 0.3) is 11.6 Å². The van der Waals surface area contributed by atoms with Crippen molar-refractivity contribution in [2.75, 3.05) is 26.7 Å². The third-order valence-corrected chi connectivity index (χ3v) is 4.51. The van der Waals surface area contributed by atoms with Crippen molar-refractivity contribution in [2.45, 2.75) is 16.7 Å². The lowest BCUT2D eigenvalue weighted by Crippen LogP contribution is -2.44. The van der Waals surface area contributed by atoms with Crippen LogP contribution in [0.15, 0.2) is 33.7 Å². The summed E-state index contributed by atoms with van der Waals surface area (Å²) in [5, 5.41) is 7.36. The number of nitrogens with zero attached hydrogens (tertiary/aromatic N) is 3. The molecule has 2 aromatic rings. The van der Waals surface area contributed by atoms with E-state index in [1.165, 1.54) is 0 Å². The molecule has 1 unspecified atom stereocenters. The highest BCUT2D eigenvalue weighted by Crippen LogP contribution is 2.25. The Kier molecular flexibility index (Phi) is 7.37. The summed E-state index contributed by atoms with van der Waals surface area (Å²) in [6.07, 6.45) is 3.54. The molecule has 1 aliphatic heterocycles. The highest BCUT2D eigenvalue weighted by molar-refractivity contribution is 7.99. The van der Waals surface area contributed by atoms with Gasteiger partial charge in [0.15, 0.2) is 5.82 Å². The zero-order valence-corrected chi connectivity index (χ0v) is 15.2. The first kappa shape index (κ1) is 19.8. The second-order valence-electron chi connectivity index (χ2n) is 5.47. The molecule has 0 radical (unpaired) electrons. The summed E-state index contributed by atoms with van der Waals surface area (Å²) in [6.45, 7) is 2.69. The smallest absolute Gasteiger partial charge is 0.288 e. The van der Waals surface area contributed by atoms with Crippen molar-refractivity contribution in [1.29, 1.82) is 0 Å². The van der Waals surface area contributed by atoms with E-state index >= 15 is 0 Å². The first-order valence-corrected chi connectivity index (χ1v) is 8.47. The molecule has 0 aliphatic carbocycles. The van der Waals surface area contributed by atoms with Crippen LogP contribution in [0.3, 0.4) is 0 Å². The van der Waals surface area contributed by atoms with Crippen LogP contribution in [-0.4, -0.2) is 47.5 Å². The van der Waals surface area contributed by atoms with Crippen LogP contribution in [0, 0.1) is 0 Å². The third kappa shape index (κ3) is 5.50. The highest BCUT2D eigenvalue weighted by Gasteiger charge is 2.24. The number of halogens is 3. The van der Waals surface area contributed by atoms with Crippen molar-refractivity contribution in [3.8, 4) is 0 Å². The lowest BCUT2D eigenvalue weighted by molar-refractivity contribution is 0.190. The first-order chi connectivity index (χ1) is 11.6. The average Bonchev–Trinajstić information content (AvgIpc) is 3.03. The molecule has 0 spiro atoms. The largest absolute Gasteiger partial charge is 0.335 e. The fraction of sp³-hybridized carbons (Fsp3) is 0.375. The summed E-state index contributed by atoms with van der Waals surface area (Å²) in [6, 6.07) is 6.99. The lowest BCUT2D eigenvalue weighted by Gasteiger charge is -2.30. The van der Waals surface area contributed by atoms with E-state index in [2.05, 4.69) is 20.4 Å². The molecular weight excluding hydrogens is 370 g/mol. The molecule has 3 rings (SSSR count). The Labute approximate surface area is 155 Å². The van der Waals surface area contributed by atoms with Crippen LogP contribution in [0.5, 0.6) is 0 Å². The Morgan fingerprint density at radius 1 is 1.32 bits per heavy atom. The van der Waals surface area contributed by atoms with E-state index in [1.54, 1.807) is 30.3 Å². The molecular formula is C16H19ClF2N4OS. The zero-order valence-electron chi connectivity index (χ0n) is 13.6. The molecule has 0 bridgehead atoms. The normalized spacial score (nSPS) is 18.6. The number of alkyl halides is 2. The van der Waals surface area contributed by atoms with Crippen molar-refractivity contribution in [1.82, 2.24) is 20.4 Å². The van der Waals surface area contributed by atoms with Crippen molar-refractivity contribution >= 4 is 36.3 Å². The standard InChI is InChI=1S/C16H18F2N4OS.ClH/c1-22-9-8-19-10-13(22)15-20-14(23-21-15)7-4-11-2-5-12(6-3-11)24-16(17)18;/h2-7,13,16,19H,8-10H2,1H3;1H/b7-4+;. The van der Waals surface area contributed by atoms with E-state index in [9.17, 15) is 8.78 Å². The van der Waals surface area contributed by atoms with E-state index < -0.39 is 5.76 Å². The van der Waals surface area contributed by atoms with E-state index in [-0.39, 0.29) is 18.4 Å². The van der Waals surface area contributed by atoms with Crippen LogP contribution in [0.2, 0.25) is 0 Å². The fourth-order valence-corrected chi connectivity index (χ4v) is 2.97. The predicted octanol–water partition coefficient (Wildman–Crippen LogP) is 3.55. The maximum atomic E-state index is 12.3. The summed E-state index contributed by atoms with van der Waals surface area (Å²) in [5.41, 5.74) is 0.879. The molecule has 1 saturated heterocycles. The number of hydrogen-bond donors (Lipinski definition) is 1. The van der Waals surface area contributed by atoms with Gasteiger partial charge in [-0.15, -0.1) is 12.4 Å². The van der Waals surface area contributed by atoms with Gasteiger partial charge in [-0.3, -0.25) is 4.90 Å². The number of rotatable bonds is 5. The summed E-state index contributed by atoms with van der Waals surface area (Å²) < 4.78 is 29.8. The molecule has 0 saturated carbocycles. The zero-order chi connectivity index (χ0) is 16.9. The van der Waals surface area contributed by atoms with Crippen LogP contribution < -0.4 is 5.32 Å². The number of hydrogen-bond acceptors (Lipinski definition) is 6. The number of piperazine rings is 1. The second-order valence-corrected chi connectivity index (χ2v) is 6.54. The van der Waals surface area contributed by atoms with Gasteiger partial charge >= 0.3 is 0 Å². The number of aromatic nitrogens is 2. The lowest BCUT2D eigenvalue weighted by atomic mass is 10.2. The Morgan fingerprint density at radius 2 is 2.08 bits per heavy atom. The Morgan fingerprint density at radius 3 is 2.76 bits per heavy atom. The predicted molar refractivity (Wildman–Crippen MR) is 97.0 cm³/mol. The number of likely N-dealkylation sites (N-methyl/N-ethyl adjacent to an activating group) is 1. The van der Waals surface area contributed by atoms with E-state index in [0.717, 1.165) is 25.2 Å². The number of nitrogens with one attached hydrogen (secondary N) is 1. The highest BCUT2D eigenvalue weighted by atomic mass is 35.5. The summed E-state index contributed by atoms with van der Waals surface area (Å²) in [5.74, 6) is -1.32. The van der Waals surface area contributed by atoms with Crippen LogP contribution >= 0.6 is 24.2 Å². The van der Waals surface area contributed by atoms with E-state index in [0.29, 0.717) is 28.4 Å². The maximum absolute atomic E-state index is 12.3. The maximum Gasteiger partial charge on any atom is 0.288 e. The van der Waals surface area contributed by atoms with Gasteiger partial charge in [0.2, 0.25) is 0 Å². The minimum absolute atomic E-state index is 0. The van der Waals surface area contributed by atoms with Crippen molar-refractivity contribution in [2.24, 2.45) is 0 Å². The van der Waals surface area contributed by atoms with Gasteiger partial charge in [-0.2, -0.15) is 13.8 Å². The quantitative estimate of drug-likeness (QED) is 0.790. The van der Waals surface area contributed by atoms with E-state index in [4.69, 9.17) is 4.52 Å². The van der Waals surface area contributed by atoms with Crippen LogP contribution in [-0.2, 0) is 0 Å². The molecule has 1 fully saturated rings. The van der Waals surface area contributed by atoms with Gasteiger partial charge in [-0.05, 0) is 30.8 Å². The molecule has 1 atom stereocenters. The average molecular weight is 389 g/mol. The minimum atomic E-state index is -2.41. The Balaban J connectivity index is 0.00000225. The number of thioether (sulfide) groups is 1. The topological polar surface area (TPSA) is 54.2 Å². The second kappa shape index (κ2) is 9.28. The molecule has 1 N–H and O–H groups in total. The molecule has 136 valence electrons. The Hall–Kier alpha value is -1.48. The van der Waals surface area contributed by atoms with Gasteiger partial charge in [0.05, 0.1) is 6.04 Å². The Bertz CT molecular complexity index is 696. The van der Waals surface area contributed by atoms with E-state index in [1.807, 2.05) is 13.1 Å². The van der Waals surface area contributed by atoms with Gasteiger partial charge < -0.3 is 9.84 Å². The van der Waals surface area contributed by atoms with Crippen LogP contribution in [0.4, 0.5) is 8.78 Å². The molecule has 25 heavy (non-hydrogen) atoms. The first-order valence-electron chi connectivity index (χ1n) is 7.59. The summed E-state index contributed by atoms with van der Waals surface area (Å²) >= 11 is 0.532. The van der Waals surface area contributed by atoms with Gasteiger partial charge in [0, 0.05) is 30.6 Å². The SMILES string of the molecule is CN1CCNCC1c1noc(/C=C/c2ccc(SC(F)F)cc2)n1.Cl. The summed E-state index contributed by atoms with van der Waals surface area (Å²) in [7, 11) is 2.04. The molecule has 1 aliphatic rings. The van der Waals surface area contributed by atoms with Gasteiger partial charge in [-0.1, -0.05) is 29.1 Å².